The molecule has 0 aliphatic rings. The lowest BCUT2D eigenvalue weighted by atomic mass is 10.1. The van der Waals surface area contributed by atoms with Gasteiger partial charge in [0.15, 0.2) is 0 Å². The summed E-state index contributed by atoms with van der Waals surface area (Å²) in [6, 6.07) is 14.7. The normalized spacial score (nSPS) is 12.1. The van der Waals surface area contributed by atoms with E-state index in [4.69, 9.17) is 4.98 Å². The van der Waals surface area contributed by atoms with Gasteiger partial charge in [0.2, 0.25) is 0 Å². The van der Waals surface area contributed by atoms with Gasteiger partial charge >= 0.3 is 0 Å². The van der Waals surface area contributed by atoms with Crippen molar-refractivity contribution in [2.24, 2.45) is 0 Å². The first-order valence-corrected chi connectivity index (χ1v) is 10.3. The SMILES string of the molecule is CCCN(C(=O)c1ccc(C)cc1)C(C)c1nc2ccccc2c(=O)n1CCC. The fourth-order valence-electron chi connectivity index (χ4n) is 3.66. The van der Waals surface area contributed by atoms with E-state index in [9.17, 15) is 9.59 Å². The molecule has 0 radical (unpaired) electrons. The van der Waals surface area contributed by atoms with E-state index in [2.05, 4.69) is 6.92 Å². The number of carbonyl (C=O) groups excluding carboxylic acids is 1. The molecular weight excluding hydrogens is 362 g/mol. The van der Waals surface area contributed by atoms with Crippen molar-refractivity contribution in [1.82, 2.24) is 14.5 Å². The molecule has 1 heterocycles. The average Bonchev–Trinajstić information content (AvgIpc) is 2.73. The van der Waals surface area contributed by atoms with Crippen LogP contribution in [0.3, 0.4) is 0 Å². The van der Waals surface area contributed by atoms with Gasteiger partial charge in [0, 0.05) is 18.7 Å². The summed E-state index contributed by atoms with van der Waals surface area (Å²) >= 11 is 0. The highest BCUT2D eigenvalue weighted by Gasteiger charge is 2.26. The van der Waals surface area contributed by atoms with Gasteiger partial charge in [-0.1, -0.05) is 43.7 Å². The minimum absolute atomic E-state index is 0.0372. The van der Waals surface area contributed by atoms with Crippen LogP contribution in [0.4, 0.5) is 0 Å². The van der Waals surface area contributed by atoms with E-state index in [1.165, 1.54) is 0 Å². The number of fused-ring (bicyclic) bond motifs is 1. The first kappa shape index (κ1) is 20.8. The second kappa shape index (κ2) is 9.03. The van der Waals surface area contributed by atoms with Crippen molar-refractivity contribution in [3.63, 3.8) is 0 Å². The van der Waals surface area contributed by atoms with Gasteiger partial charge < -0.3 is 4.90 Å². The molecule has 0 bridgehead atoms. The Bertz CT molecular complexity index is 1050. The molecule has 0 aliphatic carbocycles. The molecule has 0 saturated carbocycles. The zero-order chi connectivity index (χ0) is 21.0. The number of hydrogen-bond donors (Lipinski definition) is 0. The molecule has 5 nitrogen and oxygen atoms in total. The van der Waals surface area contributed by atoms with Crippen molar-refractivity contribution in [3.05, 3.63) is 75.8 Å². The van der Waals surface area contributed by atoms with Crippen LogP contribution in [-0.4, -0.2) is 26.9 Å². The summed E-state index contributed by atoms with van der Waals surface area (Å²) < 4.78 is 1.73. The van der Waals surface area contributed by atoms with Crippen LogP contribution in [0.1, 0.15) is 61.4 Å². The fraction of sp³-hybridized carbons (Fsp3) is 0.375. The minimum atomic E-state index is -0.312. The third-order valence-electron chi connectivity index (χ3n) is 5.20. The molecule has 0 aliphatic heterocycles. The number of nitrogens with zero attached hydrogens (tertiary/aromatic N) is 3. The summed E-state index contributed by atoms with van der Waals surface area (Å²) in [5.41, 5.74) is 2.40. The highest BCUT2D eigenvalue weighted by molar-refractivity contribution is 5.94. The van der Waals surface area contributed by atoms with Gasteiger partial charge in [0.05, 0.1) is 16.9 Å². The number of aryl methyl sites for hydroxylation is 1. The smallest absolute Gasteiger partial charge is 0.261 e. The molecule has 3 aromatic rings. The molecule has 1 unspecified atom stereocenters. The van der Waals surface area contributed by atoms with Crippen LogP contribution in [0.2, 0.25) is 0 Å². The van der Waals surface area contributed by atoms with E-state index in [0.29, 0.717) is 35.4 Å². The number of amides is 1. The van der Waals surface area contributed by atoms with E-state index >= 15 is 0 Å². The zero-order valence-corrected chi connectivity index (χ0v) is 17.7. The molecule has 1 amide bonds. The maximum atomic E-state index is 13.3. The van der Waals surface area contributed by atoms with Crippen molar-refractivity contribution >= 4 is 16.8 Å². The quantitative estimate of drug-likeness (QED) is 0.585. The zero-order valence-electron chi connectivity index (χ0n) is 17.7. The molecule has 0 saturated heterocycles. The standard InChI is InChI=1S/C24H29N3O2/c1-5-15-26(23(28)19-13-11-17(3)12-14-19)18(4)22-25-21-10-8-7-9-20(21)24(29)27(22)16-6-2/h7-14,18H,5-6,15-16H2,1-4H3. The molecule has 3 rings (SSSR count). The first-order valence-electron chi connectivity index (χ1n) is 10.3. The number of para-hydroxylation sites is 1. The highest BCUT2D eigenvalue weighted by Crippen LogP contribution is 2.23. The molecule has 0 spiro atoms. The van der Waals surface area contributed by atoms with E-state index in [1.807, 2.05) is 74.2 Å². The Morgan fingerprint density at radius 2 is 1.76 bits per heavy atom. The molecule has 0 fully saturated rings. The lowest BCUT2D eigenvalue weighted by Gasteiger charge is -2.30. The highest BCUT2D eigenvalue weighted by atomic mass is 16.2. The first-order chi connectivity index (χ1) is 14.0. The predicted octanol–water partition coefficient (Wildman–Crippen LogP) is 4.73. The Morgan fingerprint density at radius 1 is 1.07 bits per heavy atom. The van der Waals surface area contributed by atoms with Crippen LogP contribution < -0.4 is 5.56 Å². The third-order valence-corrected chi connectivity index (χ3v) is 5.20. The number of carbonyl (C=O) groups is 1. The van der Waals surface area contributed by atoms with Gasteiger partial charge in [0.25, 0.3) is 11.5 Å². The van der Waals surface area contributed by atoms with Gasteiger partial charge in [-0.2, -0.15) is 0 Å². The summed E-state index contributed by atoms with van der Waals surface area (Å²) in [6.07, 6.45) is 1.65. The molecule has 2 aromatic carbocycles. The van der Waals surface area contributed by atoms with Gasteiger partial charge in [-0.15, -0.1) is 0 Å². The summed E-state index contributed by atoms with van der Waals surface area (Å²) in [6.45, 7) is 9.23. The van der Waals surface area contributed by atoms with Crippen LogP contribution in [0.5, 0.6) is 0 Å². The Morgan fingerprint density at radius 3 is 2.41 bits per heavy atom. The number of aromatic nitrogens is 2. The molecule has 1 atom stereocenters. The molecular formula is C24H29N3O2. The second-order valence-electron chi connectivity index (χ2n) is 7.48. The van der Waals surface area contributed by atoms with Gasteiger partial charge in [-0.3, -0.25) is 14.2 Å². The Kier molecular flexibility index (Phi) is 6.47. The monoisotopic (exact) mass is 391 g/mol. The van der Waals surface area contributed by atoms with Crippen molar-refractivity contribution in [3.8, 4) is 0 Å². The van der Waals surface area contributed by atoms with Crippen LogP contribution in [-0.2, 0) is 6.54 Å². The van der Waals surface area contributed by atoms with E-state index in [1.54, 1.807) is 4.57 Å². The summed E-state index contributed by atoms with van der Waals surface area (Å²) in [5, 5.41) is 0.615. The maximum absolute atomic E-state index is 13.3. The maximum Gasteiger partial charge on any atom is 0.261 e. The Labute approximate surface area is 172 Å². The van der Waals surface area contributed by atoms with Crippen molar-refractivity contribution < 1.29 is 4.79 Å². The summed E-state index contributed by atoms with van der Waals surface area (Å²) in [5.74, 6) is 0.606. The molecule has 1 aromatic heterocycles. The van der Waals surface area contributed by atoms with Crippen LogP contribution in [0, 0.1) is 6.92 Å². The van der Waals surface area contributed by atoms with Crippen LogP contribution in [0.15, 0.2) is 53.3 Å². The molecule has 5 heteroatoms. The largest absolute Gasteiger partial charge is 0.329 e. The minimum Gasteiger partial charge on any atom is -0.329 e. The van der Waals surface area contributed by atoms with Crippen LogP contribution >= 0.6 is 0 Å². The molecule has 152 valence electrons. The number of rotatable bonds is 7. The average molecular weight is 392 g/mol. The van der Waals surface area contributed by atoms with E-state index in [0.717, 1.165) is 18.4 Å². The molecule has 29 heavy (non-hydrogen) atoms. The molecule has 0 N–H and O–H groups in total. The van der Waals surface area contributed by atoms with Gasteiger partial charge in [0.1, 0.15) is 5.82 Å². The van der Waals surface area contributed by atoms with Gasteiger partial charge in [-0.25, -0.2) is 4.98 Å². The fourth-order valence-corrected chi connectivity index (χ4v) is 3.66. The van der Waals surface area contributed by atoms with E-state index < -0.39 is 0 Å². The predicted molar refractivity (Wildman–Crippen MR) is 117 cm³/mol. The summed E-state index contributed by atoms with van der Waals surface area (Å²) in [4.78, 5) is 33.1. The number of benzene rings is 2. The summed E-state index contributed by atoms with van der Waals surface area (Å²) in [7, 11) is 0. The van der Waals surface area contributed by atoms with Crippen molar-refractivity contribution in [2.75, 3.05) is 6.54 Å². The lowest BCUT2D eigenvalue weighted by Crippen LogP contribution is -2.38. The van der Waals surface area contributed by atoms with Crippen molar-refractivity contribution in [1.29, 1.82) is 0 Å². The second-order valence-corrected chi connectivity index (χ2v) is 7.48. The van der Waals surface area contributed by atoms with Crippen molar-refractivity contribution in [2.45, 2.75) is 53.1 Å². The topological polar surface area (TPSA) is 55.2 Å². The Balaban J connectivity index is 2.09. The number of hydrogen-bond acceptors (Lipinski definition) is 3. The van der Waals surface area contributed by atoms with Gasteiger partial charge in [-0.05, 0) is 51.0 Å². The third kappa shape index (κ3) is 4.24. The lowest BCUT2D eigenvalue weighted by molar-refractivity contribution is 0.0679. The van der Waals surface area contributed by atoms with Crippen LogP contribution in [0.25, 0.3) is 10.9 Å². The Hall–Kier alpha value is -2.95. The van der Waals surface area contributed by atoms with E-state index in [-0.39, 0.29) is 17.5 Å².